The second-order valence-corrected chi connectivity index (χ2v) is 5.58. The molecule has 0 bridgehead atoms. The zero-order chi connectivity index (χ0) is 12.5. The van der Waals surface area contributed by atoms with E-state index in [4.69, 9.17) is 15.5 Å². The molecule has 2 N–H and O–H groups in total. The lowest BCUT2D eigenvalue weighted by atomic mass is 9.98. The summed E-state index contributed by atoms with van der Waals surface area (Å²) < 4.78 is 7.82. The predicted octanol–water partition coefficient (Wildman–Crippen LogP) is 2.65. The lowest BCUT2D eigenvalue weighted by molar-refractivity contribution is 0.0796. The Kier molecular flexibility index (Phi) is 3.29. The SMILES string of the molecule is CCCn1c(C2CC2)nc(C2CCCOC2)c1N. The van der Waals surface area contributed by atoms with Crippen molar-refractivity contribution < 1.29 is 4.74 Å². The van der Waals surface area contributed by atoms with Crippen LogP contribution < -0.4 is 5.73 Å². The molecule has 1 aliphatic heterocycles. The fourth-order valence-electron chi connectivity index (χ4n) is 2.87. The Bertz CT molecular complexity index is 417. The van der Waals surface area contributed by atoms with Crippen molar-refractivity contribution in [1.82, 2.24) is 9.55 Å². The molecule has 4 nitrogen and oxygen atoms in total. The van der Waals surface area contributed by atoms with Crippen LogP contribution in [0.3, 0.4) is 0 Å². The molecule has 18 heavy (non-hydrogen) atoms. The van der Waals surface area contributed by atoms with E-state index >= 15 is 0 Å². The Balaban J connectivity index is 1.90. The van der Waals surface area contributed by atoms with E-state index in [1.807, 2.05) is 0 Å². The molecule has 1 aromatic heterocycles. The fraction of sp³-hybridized carbons (Fsp3) is 0.786. The molecular formula is C14H23N3O. The van der Waals surface area contributed by atoms with Crippen LogP contribution in [0, 0.1) is 0 Å². The number of ether oxygens (including phenoxy) is 1. The summed E-state index contributed by atoms with van der Waals surface area (Å²) in [5.74, 6) is 3.20. The van der Waals surface area contributed by atoms with Crippen molar-refractivity contribution in [3.63, 3.8) is 0 Å². The molecule has 0 spiro atoms. The fourth-order valence-corrected chi connectivity index (χ4v) is 2.87. The molecule has 0 radical (unpaired) electrons. The van der Waals surface area contributed by atoms with E-state index in [0.29, 0.717) is 11.8 Å². The molecule has 3 rings (SSSR count). The summed E-state index contributed by atoms with van der Waals surface area (Å²) in [5.41, 5.74) is 7.43. The zero-order valence-corrected chi connectivity index (χ0v) is 11.2. The van der Waals surface area contributed by atoms with Gasteiger partial charge >= 0.3 is 0 Å². The third-order valence-corrected chi connectivity index (χ3v) is 4.00. The Morgan fingerprint density at radius 3 is 2.78 bits per heavy atom. The summed E-state index contributed by atoms with van der Waals surface area (Å²) in [6, 6.07) is 0. The van der Waals surface area contributed by atoms with E-state index in [0.717, 1.165) is 50.5 Å². The lowest BCUT2D eigenvalue weighted by Gasteiger charge is -2.21. The van der Waals surface area contributed by atoms with Gasteiger partial charge in [0.25, 0.3) is 0 Å². The van der Waals surface area contributed by atoms with E-state index in [-0.39, 0.29) is 0 Å². The minimum absolute atomic E-state index is 0.411. The van der Waals surface area contributed by atoms with Crippen molar-refractivity contribution in [1.29, 1.82) is 0 Å². The molecule has 1 atom stereocenters. The van der Waals surface area contributed by atoms with Gasteiger partial charge in [0.1, 0.15) is 11.6 Å². The van der Waals surface area contributed by atoms with E-state index < -0.39 is 0 Å². The molecule has 2 aliphatic rings. The van der Waals surface area contributed by atoms with Crippen LogP contribution in [0.5, 0.6) is 0 Å². The first-order chi connectivity index (χ1) is 8.81. The molecule has 2 fully saturated rings. The molecule has 4 heteroatoms. The van der Waals surface area contributed by atoms with Crippen LogP contribution in [0.2, 0.25) is 0 Å². The molecule has 1 aliphatic carbocycles. The lowest BCUT2D eigenvalue weighted by Crippen LogP contribution is -2.17. The van der Waals surface area contributed by atoms with Crippen LogP contribution in [-0.4, -0.2) is 22.8 Å². The first-order valence-corrected chi connectivity index (χ1v) is 7.24. The minimum Gasteiger partial charge on any atom is -0.384 e. The number of nitrogen functional groups attached to an aromatic ring is 1. The highest BCUT2D eigenvalue weighted by Crippen LogP contribution is 2.42. The Morgan fingerprint density at radius 2 is 2.17 bits per heavy atom. The summed E-state index contributed by atoms with van der Waals surface area (Å²) in [6.45, 7) is 4.87. The molecule has 0 amide bonds. The Labute approximate surface area is 109 Å². The van der Waals surface area contributed by atoms with E-state index in [2.05, 4.69) is 11.5 Å². The summed E-state index contributed by atoms with van der Waals surface area (Å²) in [5, 5.41) is 0. The van der Waals surface area contributed by atoms with Gasteiger partial charge in [0.05, 0.1) is 12.3 Å². The van der Waals surface area contributed by atoms with Gasteiger partial charge in [-0.05, 0) is 32.1 Å². The van der Waals surface area contributed by atoms with Crippen molar-refractivity contribution >= 4 is 5.82 Å². The average Bonchev–Trinajstić information content (AvgIpc) is 3.19. The minimum atomic E-state index is 0.411. The van der Waals surface area contributed by atoms with Crippen LogP contribution in [0.15, 0.2) is 0 Å². The second kappa shape index (κ2) is 4.92. The number of rotatable bonds is 4. The third-order valence-electron chi connectivity index (χ3n) is 4.00. The number of hydrogen-bond donors (Lipinski definition) is 1. The highest BCUT2D eigenvalue weighted by atomic mass is 16.5. The maximum atomic E-state index is 6.33. The topological polar surface area (TPSA) is 53.1 Å². The van der Waals surface area contributed by atoms with Gasteiger partial charge in [-0.25, -0.2) is 4.98 Å². The van der Waals surface area contributed by atoms with Crippen LogP contribution in [0.1, 0.15) is 62.4 Å². The van der Waals surface area contributed by atoms with Crippen molar-refractivity contribution in [3.8, 4) is 0 Å². The third kappa shape index (κ3) is 2.14. The molecule has 1 aromatic rings. The van der Waals surface area contributed by atoms with Crippen LogP contribution >= 0.6 is 0 Å². The Hall–Kier alpha value is -1.03. The van der Waals surface area contributed by atoms with Gasteiger partial charge in [0.2, 0.25) is 0 Å². The van der Waals surface area contributed by atoms with Gasteiger partial charge in [-0.2, -0.15) is 0 Å². The van der Waals surface area contributed by atoms with Crippen LogP contribution in [0.4, 0.5) is 5.82 Å². The smallest absolute Gasteiger partial charge is 0.127 e. The number of anilines is 1. The number of aromatic nitrogens is 2. The molecular weight excluding hydrogens is 226 g/mol. The average molecular weight is 249 g/mol. The van der Waals surface area contributed by atoms with Gasteiger partial charge in [0, 0.05) is 25.0 Å². The summed E-state index contributed by atoms with van der Waals surface area (Å²) in [7, 11) is 0. The highest BCUT2D eigenvalue weighted by molar-refractivity contribution is 5.42. The van der Waals surface area contributed by atoms with E-state index in [1.54, 1.807) is 0 Å². The summed E-state index contributed by atoms with van der Waals surface area (Å²) >= 11 is 0. The highest BCUT2D eigenvalue weighted by Gasteiger charge is 2.32. The van der Waals surface area contributed by atoms with Crippen molar-refractivity contribution in [3.05, 3.63) is 11.5 Å². The molecule has 0 aromatic carbocycles. The number of imidazole rings is 1. The maximum absolute atomic E-state index is 6.33. The monoisotopic (exact) mass is 249 g/mol. The molecule has 1 saturated carbocycles. The quantitative estimate of drug-likeness (QED) is 0.892. The Morgan fingerprint density at radius 1 is 1.33 bits per heavy atom. The van der Waals surface area contributed by atoms with Gasteiger partial charge in [-0.15, -0.1) is 0 Å². The summed E-state index contributed by atoms with van der Waals surface area (Å²) in [6.07, 6.45) is 5.96. The molecule has 1 unspecified atom stereocenters. The van der Waals surface area contributed by atoms with Crippen LogP contribution in [0.25, 0.3) is 0 Å². The standard InChI is InChI=1S/C14H23N3O/c1-2-7-17-13(15)12(11-4-3-8-18-9-11)16-14(17)10-5-6-10/h10-11H,2-9,15H2,1H3. The summed E-state index contributed by atoms with van der Waals surface area (Å²) in [4.78, 5) is 4.87. The largest absolute Gasteiger partial charge is 0.384 e. The predicted molar refractivity (Wildman–Crippen MR) is 71.7 cm³/mol. The van der Waals surface area contributed by atoms with Crippen LogP contribution in [-0.2, 0) is 11.3 Å². The first-order valence-electron chi connectivity index (χ1n) is 7.24. The van der Waals surface area contributed by atoms with Crippen molar-refractivity contribution in [2.45, 2.75) is 57.4 Å². The first kappa shape index (κ1) is 12.0. The van der Waals surface area contributed by atoms with Crippen molar-refractivity contribution in [2.24, 2.45) is 0 Å². The number of nitrogens with two attached hydrogens (primary N) is 1. The number of nitrogens with zero attached hydrogens (tertiary/aromatic N) is 2. The van der Waals surface area contributed by atoms with Crippen molar-refractivity contribution in [2.75, 3.05) is 18.9 Å². The van der Waals surface area contributed by atoms with Gasteiger partial charge in [-0.1, -0.05) is 6.92 Å². The molecule has 1 saturated heterocycles. The second-order valence-electron chi connectivity index (χ2n) is 5.58. The normalized spacial score (nSPS) is 24.4. The molecule has 2 heterocycles. The van der Waals surface area contributed by atoms with Gasteiger partial charge in [-0.3, -0.25) is 0 Å². The molecule has 100 valence electrons. The van der Waals surface area contributed by atoms with E-state index in [1.165, 1.54) is 18.7 Å². The maximum Gasteiger partial charge on any atom is 0.127 e. The number of hydrogen-bond acceptors (Lipinski definition) is 3. The van der Waals surface area contributed by atoms with E-state index in [9.17, 15) is 0 Å². The zero-order valence-electron chi connectivity index (χ0n) is 11.2. The van der Waals surface area contributed by atoms with Gasteiger partial charge < -0.3 is 15.0 Å². The van der Waals surface area contributed by atoms with Gasteiger partial charge in [0.15, 0.2) is 0 Å².